The number of hydrogen-bond donors (Lipinski definition) is 2. The molecule has 0 fully saturated rings. The van der Waals surface area contributed by atoms with Crippen LogP contribution in [0.1, 0.15) is 104 Å². The maximum absolute atomic E-state index is 5.31. The lowest BCUT2D eigenvalue weighted by molar-refractivity contribution is 0.768. The van der Waals surface area contributed by atoms with E-state index < -0.39 is 0 Å². The van der Waals surface area contributed by atoms with Crippen LogP contribution in [0.4, 0.5) is 0 Å². The number of H-pyrrole nitrogens is 2. The molecule has 0 saturated heterocycles. The van der Waals surface area contributed by atoms with Gasteiger partial charge in [0.2, 0.25) is 0 Å². The number of aryl methyl sites for hydroxylation is 4. The molecule has 2 N–H and O–H groups in total. The van der Waals surface area contributed by atoms with Crippen molar-refractivity contribution >= 4 is 44.4 Å². The van der Waals surface area contributed by atoms with Gasteiger partial charge in [0.25, 0.3) is 0 Å². The van der Waals surface area contributed by atoms with Gasteiger partial charge < -0.3 is 9.97 Å². The van der Waals surface area contributed by atoms with Gasteiger partial charge in [0, 0.05) is 27.6 Å². The van der Waals surface area contributed by atoms with Crippen molar-refractivity contribution in [2.75, 3.05) is 0 Å². The third kappa shape index (κ3) is 3.64. The lowest BCUT2D eigenvalue weighted by Crippen LogP contribution is -1.95. The third-order valence-corrected chi connectivity index (χ3v) is 9.02. The molecule has 0 aromatic carbocycles. The first-order chi connectivity index (χ1) is 17.8. The van der Waals surface area contributed by atoms with Crippen LogP contribution in [0.3, 0.4) is 0 Å². The summed E-state index contributed by atoms with van der Waals surface area (Å²) < 4.78 is 0. The molecule has 3 aromatic heterocycles. The van der Waals surface area contributed by atoms with Crippen LogP contribution < -0.4 is 0 Å². The second-order valence-electron chi connectivity index (χ2n) is 11.0. The van der Waals surface area contributed by atoms with Crippen molar-refractivity contribution in [2.24, 2.45) is 0 Å². The fourth-order valence-corrected chi connectivity index (χ4v) is 6.57. The second kappa shape index (κ2) is 8.86. The Morgan fingerprint density at radius 2 is 1.16 bits per heavy atom. The predicted molar refractivity (Wildman–Crippen MR) is 157 cm³/mol. The summed E-state index contributed by atoms with van der Waals surface area (Å²) in [5, 5.41) is 0. The van der Waals surface area contributed by atoms with Gasteiger partial charge in [0.15, 0.2) is 0 Å². The fraction of sp³-hybridized carbons (Fsp3) is 0.394. The van der Waals surface area contributed by atoms with Gasteiger partial charge in [-0.3, -0.25) is 0 Å². The number of rotatable bonds is 2. The highest BCUT2D eigenvalue weighted by Crippen LogP contribution is 2.41. The third-order valence-electron chi connectivity index (χ3n) is 9.02. The Labute approximate surface area is 220 Å². The minimum absolute atomic E-state index is 0.986. The number of aromatic amines is 2. The van der Waals surface area contributed by atoms with Crippen LogP contribution in [0.15, 0.2) is 18.2 Å². The first-order valence-electron chi connectivity index (χ1n) is 14.0. The summed E-state index contributed by atoms with van der Waals surface area (Å²) in [5.41, 5.74) is 21.2. The Bertz CT molecular complexity index is 1690. The van der Waals surface area contributed by atoms with E-state index >= 15 is 0 Å². The van der Waals surface area contributed by atoms with Crippen molar-refractivity contribution in [1.29, 1.82) is 0 Å². The molecule has 3 aliphatic rings. The van der Waals surface area contributed by atoms with Crippen molar-refractivity contribution in [3.8, 4) is 0 Å². The molecular formula is C33H38N4. The molecule has 0 saturated carbocycles. The zero-order valence-electron chi connectivity index (χ0n) is 23.4. The summed E-state index contributed by atoms with van der Waals surface area (Å²) in [6.45, 7) is 15.7. The first-order valence-corrected chi connectivity index (χ1v) is 14.0. The molecule has 2 aliphatic heterocycles. The van der Waals surface area contributed by atoms with Crippen LogP contribution in [-0.4, -0.2) is 19.9 Å². The highest BCUT2D eigenvalue weighted by Gasteiger charge is 2.26. The highest BCUT2D eigenvalue weighted by molar-refractivity contribution is 5.96. The number of hydrogen-bond acceptors (Lipinski definition) is 2. The lowest BCUT2D eigenvalue weighted by atomic mass is 9.98. The van der Waals surface area contributed by atoms with Gasteiger partial charge in [0.1, 0.15) is 0 Å². The van der Waals surface area contributed by atoms with E-state index in [1.807, 2.05) is 0 Å². The van der Waals surface area contributed by atoms with Gasteiger partial charge in [-0.15, -0.1) is 0 Å². The molecule has 0 atom stereocenters. The van der Waals surface area contributed by atoms with Gasteiger partial charge in [-0.05, 0) is 136 Å². The average molecular weight is 491 g/mol. The molecule has 8 bridgehead atoms. The van der Waals surface area contributed by atoms with Gasteiger partial charge in [-0.25, -0.2) is 9.97 Å². The Balaban J connectivity index is 1.84. The van der Waals surface area contributed by atoms with Crippen LogP contribution in [0.5, 0.6) is 0 Å². The molecule has 4 nitrogen and oxygen atoms in total. The van der Waals surface area contributed by atoms with Crippen molar-refractivity contribution in [3.05, 3.63) is 68.8 Å². The molecule has 37 heavy (non-hydrogen) atoms. The molecule has 4 heteroatoms. The van der Waals surface area contributed by atoms with E-state index in [4.69, 9.17) is 9.97 Å². The number of nitrogens with zero attached hydrogens (tertiary/aromatic N) is 2. The Morgan fingerprint density at radius 3 is 1.76 bits per heavy atom. The standard InChI is InChI=1S/C33H38N4/c1-8-22-19(5)27-14-26-17(3)18(4)32(36-26)25-13-11-10-12-24-21(7)29(37-33(24)25)15-28-20(6)23(9-2)31(35-28)16-30(22)34-27/h14-16,34-35H,8-13H2,1-7H3. The van der Waals surface area contributed by atoms with Crippen molar-refractivity contribution < 1.29 is 0 Å². The number of allylic oxidation sites excluding steroid dienone is 4. The summed E-state index contributed by atoms with van der Waals surface area (Å²) in [6.07, 6.45) is 6.48. The molecule has 6 rings (SSSR count). The van der Waals surface area contributed by atoms with E-state index in [-0.39, 0.29) is 0 Å². The fourth-order valence-electron chi connectivity index (χ4n) is 6.57. The Kier molecular flexibility index (Phi) is 5.74. The van der Waals surface area contributed by atoms with Crippen LogP contribution in [0, 0.1) is 13.8 Å². The minimum atomic E-state index is 0.986. The second-order valence-corrected chi connectivity index (χ2v) is 11.0. The molecule has 0 radical (unpaired) electrons. The zero-order chi connectivity index (χ0) is 26.0. The summed E-state index contributed by atoms with van der Waals surface area (Å²) >= 11 is 0. The van der Waals surface area contributed by atoms with Crippen LogP contribution in [0.2, 0.25) is 0 Å². The minimum Gasteiger partial charge on any atom is -0.355 e. The van der Waals surface area contributed by atoms with Crippen LogP contribution in [0.25, 0.3) is 44.4 Å². The van der Waals surface area contributed by atoms with Crippen molar-refractivity contribution in [3.63, 3.8) is 0 Å². The first kappa shape index (κ1) is 24.0. The molecule has 0 spiro atoms. The average Bonchev–Trinajstić information content (AvgIpc) is 3.48. The van der Waals surface area contributed by atoms with Gasteiger partial charge in [0.05, 0.1) is 22.8 Å². The van der Waals surface area contributed by atoms with E-state index in [1.54, 1.807) is 0 Å². The van der Waals surface area contributed by atoms with E-state index in [9.17, 15) is 0 Å². The summed E-state index contributed by atoms with van der Waals surface area (Å²) in [4.78, 5) is 18.1. The molecule has 0 unspecified atom stereocenters. The molecule has 190 valence electrons. The van der Waals surface area contributed by atoms with Crippen LogP contribution in [-0.2, 0) is 19.3 Å². The monoisotopic (exact) mass is 490 g/mol. The topological polar surface area (TPSA) is 57.4 Å². The molecule has 1 aliphatic carbocycles. The normalized spacial score (nSPS) is 15.5. The predicted octanol–water partition coefficient (Wildman–Crippen LogP) is 8.66. The Hall–Kier alpha value is -3.40. The van der Waals surface area contributed by atoms with Gasteiger partial charge in [-0.1, -0.05) is 13.8 Å². The Morgan fingerprint density at radius 1 is 0.622 bits per heavy atom. The lowest BCUT2D eigenvalue weighted by Gasteiger charge is -2.06. The largest absolute Gasteiger partial charge is 0.355 e. The number of fused-ring (bicyclic) bond motifs is 8. The van der Waals surface area contributed by atoms with E-state index in [2.05, 4.69) is 76.6 Å². The number of aromatic nitrogens is 4. The van der Waals surface area contributed by atoms with E-state index in [0.717, 1.165) is 48.3 Å². The summed E-state index contributed by atoms with van der Waals surface area (Å²) in [6, 6.07) is 6.85. The maximum atomic E-state index is 5.31. The van der Waals surface area contributed by atoms with E-state index in [0.29, 0.717) is 0 Å². The maximum Gasteiger partial charge on any atom is 0.0726 e. The van der Waals surface area contributed by atoms with Gasteiger partial charge >= 0.3 is 0 Å². The molecule has 0 amide bonds. The van der Waals surface area contributed by atoms with E-state index in [1.165, 1.54) is 85.2 Å². The van der Waals surface area contributed by atoms with Crippen molar-refractivity contribution in [1.82, 2.24) is 19.9 Å². The SMILES string of the molecule is CCc1c(C)c2cc3nc(c4c5nc(cc6[nH]c(cc1[nH]2)c(CC)c6C)C(C)=C5CCCC4)C(C)=C3C. The molecule has 5 heterocycles. The highest BCUT2D eigenvalue weighted by atomic mass is 14.8. The molecule has 3 aromatic rings. The number of nitrogens with one attached hydrogen (secondary N) is 2. The van der Waals surface area contributed by atoms with Gasteiger partial charge in [-0.2, -0.15) is 0 Å². The zero-order valence-corrected chi connectivity index (χ0v) is 23.4. The smallest absolute Gasteiger partial charge is 0.0726 e. The van der Waals surface area contributed by atoms with Crippen LogP contribution >= 0.6 is 0 Å². The summed E-state index contributed by atoms with van der Waals surface area (Å²) in [7, 11) is 0. The quantitative estimate of drug-likeness (QED) is 0.377. The molecular weight excluding hydrogens is 452 g/mol. The summed E-state index contributed by atoms with van der Waals surface area (Å²) in [5.74, 6) is 0. The van der Waals surface area contributed by atoms with Crippen molar-refractivity contribution in [2.45, 2.75) is 87.0 Å².